The second-order valence-corrected chi connectivity index (χ2v) is 7.79. The van der Waals surface area contributed by atoms with E-state index in [0.717, 1.165) is 48.0 Å². The van der Waals surface area contributed by atoms with Gasteiger partial charge in [-0.15, -0.1) is 0 Å². The maximum Gasteiger partial charge on any atom is 0.253 e. The molecule has 0 spiro atoms. The van der Waals surface area contributed by atoms with Gasteiger partial charge in [-0.3, -0.25) is 9.59 Å². The Labute approximate surface area is 171 Å². The van der Waals surface area contributed by atoms with Crippen molar-refractivity contribution in [1.82, 2.24) is 14.8 Å². The number of aromatic nitrogens is 1. The smallest absolute Gasteiger partial charge is 0.253 e. The van der Waals surface area contributed by atoms with E-state index in [4.69, 9.17) is 0 Å². The van der Waals surface area contributed by atoms with Gasteiger partial charge < -0.3 is 14.8 Å². The summed E-state index contributed by atoms with van der Waals surface area (Å²) in [5.41, 5.74) is 3.79. The molecule has 0 saturated carbocycles. The number of piperidine rings is 1. The molecule has 1 aliphatic heterocycles. The first-order valence-corrected chi connectivity index (χ1v) is 10.3. The maximum atomic E-state index is 12.7. The summed E-state index contributed by atoms with van der Waals surface area (Å²) in [6.07, 6.45) is 5.72. The van der Waals surface area contributed by atoms with E-state index in [2.05, 4.69) is 11.4 Å². The van der Waals surface area contributed by atoms with Gasteiger partial charge in [0, 0.05) is 49.3 Å². The third-order valence-corrected chi connectivity index (χ3v) is 5.64. The molecule has 1 saturated heterocycles. The number of carbonyl (C=O) groups excluding carboxylic acids is 2. The van der Waals surface area contributed by atoms with E-state index in [1.54, 1.807) is 0 Å². The second kappa shape index (κ2) is 8.52. The van der Waals surface area contributed by atoms with Gasteiger partial charge in [0.1, 0.15) is 0 Å². The van der Waals surface area contributed by atoms with Crippen LogP contribution in [0.5, 0.6) is 0 Å². The van der Waals surface area contributed by atoms with Gasteiger partial charge in [0.05, 0.1) is 6.42 Å². The molecule has 0 bridgehead atoms. The number of nitrogens with one attached hydrogen (secondary N) is 1. The summed E-state index contributed by atoms with van der Waals surface area (Å²) in [5, 5.41) is 4.10. The van der Waals surface area contributed by atoms with Crippen molar-refractivity contribution in [3.05, 3.63) is 71.4 Å². The fourth-order valence-corrected chi connectivity index (χ4v) is 4.10. The van der Waals surface area contributed by atoms with Crippen molar-refractivity contribution in [3.8, 4) is 0 Å². The van der Waals surface area contributed by atoms with Crippen molar-refractivity contribution in [2.45, 2.75) is 32.2 Å². The predicted molar refractivity (Wildman–Crippen MR) is 115 cm³/mol. The molecule has 1 N–H and O–H groups in total. The summed E-state index contributed by atoms with van der Waals surface area (Å²) < 4.78 is 2.05. The number of fused-ring (bicyclic) bond motifs is 1. The SMILES string of the molecule is Cn1cc(CC(=O)NCc2cccc(C(=O)N3CCCCC3)c2)c2ccccc21. The summed E-state index contributed by atoms with van der Waals surface area (Å²) in [6, 6.07) is 15.7. The number of amides is 2. The molecular formula is C24H27N3O2. The molecule has 0 unspecified atom stereocenters. The Morgan fingerprint density at radius 2 is 1.79 bits per heavy atom. The summed E-state index contributed by atoms with van der Waals surface area (Å²) in [4.78, 5) is 27.1. The molecule has 5 nitrogen and oxygen atoms in total. The molecule has 2 amide bonds. The molecule has 4 rings (SSSR count). The predicted octanol–water partition coefficient (Wildman–Crippen LogP) is 3.66. The number of aryl methyl sites for hydroxylation is 1. The summed E-state index contributed by atoms with van der Waals surface area (Å²) in [5.74, 6) is 0.0720. The number of likely N-dealkylation sites (tertiary alicyclic amines) is 1. The zero-order valence-electron chi connectivity index (χ0n) is 16.9. The Bertz CT molecular complexity index is 1030. The molecule has 1 aromatic heterocycles. The first kappa shape index (κ1) is 19.2. The van der Waals surface area contributed by atoms with E-state index >= 15 is 0 Å². The van der Waals surface area contributed by atoms with E-state index in [9.17, 15) is 9.59 Å². The Hall–Kier alpha value is -3.08. The number of rotatable bonds is 5. The van der Waals surface area contributed by atoms with Gasteiger partial charge in [0.25, 0.3) is 5.91 Å². The Kier molecular flexibility index (Phi) is 5.65. The highest BCUT2D eigenvalue weighted by Gasteiger charge is 2.18. The van der Waals surface area contributed by atoms with Crippen LogP contribution in [0.4, 0.5) is 0 Å². The fraction of sp³-hybridized carbons (Fsp3) is 0.333. The highest BCUT2D eigenvalue weighted by atomic mass is 16.2. The highest BCUT2D eigenvalue weighted by Crippen LogP contribution is 2.20. The lowest BCUT2D eigenvalue weighted by Gasteiger charge is -2.26. The van der Waals surface area contributed by atoms with Crippen molar-refractivity contribution >= 4 is 22.7 Å². The normalized spacial score (nSPS) is 14.2. The van der Waals surface area contributed by atoms with Crippen molar-refractivity contribution in [2.24, 2.45) is 7.05 Å². The standard InChI is InChI=1S/C24H27N3O2/c1-26-17-20(21-10-3-4-11-22(21)26)15-23(28)25-16-18-8-7-9-19(14-18)24(29)27-12-5-2-6-13-27/h3-4,7-11,14,17H,2,5-6,12-13,15-16H2,1H3,(H,25,28). The number of nitrogens with zero attached hydrogens (tertiary/aromatic N) is 2. The van der Waals surface area contributed by atoms with Crippen LogP contribution in [0.25, 0.3) is 10.9 Å². The summed E-state index contributed by atoms with van der Waals surface area (Å²) in [7, 11) is 1.99. The zero-order chi connectivity index (χ0) is 20.2. The van der Waals surface area contributed by atoms with Crippen LogP contribution in [0.2, 0.25) is 0 Å². The topological polar surface area (TPSA) is 54.3 Å². The summed E-state index contributed by atoms with van der Waals surface area (Å²) in [6.45, 7) is 2.10. The van der Waals surface area contributed by atoms with Gasteiger partial charge in [-0.1, -0.05) is 30.3 Å². The van der Waals surface area contributed by atoms with E-state index < -0.39 is 0 Å². The van der Waals surface area contributed by atoms with Crippen molar-refractivity contribution < 1.29 is 9.59 Å². The molecule has 5 heteroatoms. The van der Waals surface area contributed by atoms with Gasteiger partial charge in [0.15, 0.2) is 0 Å². The molecule has 0 radical (unpaired) electrons. The van der Waals surface area contributed by atoms with Crippen LogP contribution in [0.1, 0.15) is 40.7 Å². The van der Waals surface area contributed by atoms with Crippen molar-refractivity contribution in [2.75, 3.05) is 13.1 Å². The lowest BCUT2D eigenvalue weighted by Crippen LogP contribution is -2.35. The van der Waals surface area contributed by atoms with Crippen molar-refractivity contribution in [3.63, 3.8) is 0 Å². The Balaban J connectivity index is 1.38. The number of hydrogen-bond acceptors (Lipinski definition) is 2. The monoisotopic (exact) mass is 389 g/mol. The van der Waals surface area contributed by atoms with Crippen molar-refractivity contribution in [1.29, 1.82) is 0 Å². The van der Waals surface area contributed by atoms with Crippen LogP contribution >= 0.6 is 0 Å². The lowest BCUT2D eigenvalue weighted by molar-refractivity contribution is -0.120. The number of para-hydroxylation sites is 1. The third-order valence-electron chi connectivity index (χ3n) is 5.64. The van der Waals surface area contributed by atoms with Crippen LogP contribution in [-0.4, -0.2) is 34.4 Å². The minimum atomic E-state index is -0.0193. The largest absolute Gasteiger partial charge is 0.352 e. The van der Waals surface area contributed by atoms with Gasteiger partial charge in [0.2, 0.25) is 5.91 Å². The van der Waals surface area contributed by atoms with E-state index in [1.807, 2.05) is 65.2 Å². The first-order chi connectivity index (χ1) is 14.1. The van der Waals surface area contributed by atoms with Crippen LogP contribution in [-0.2, 0) is 24.8 Å². The molecule has 0 aliphatic carbocycles. The van der Waals surface area contributed by atoms with Gasteiger partial charge in [-0.25, -0.2) is 0 Å². The van der Waals surface area contributed by atoms with E-state index in [0.29, 0.717) is 18.5 Å². The van der Waals surface area contributed by atoms with Crippen LogP contribution in [0.15, 0.2) is 54.7 Å². The van der Waals surface area contributed by atoms with E-state index in [1.165, 1.54) is 6.42 Å². The first-order valence-electron chi connectivity index (χ1n) is 10.3. The zero-order valence-corrected chi connectivity index (χ0v) is 16.9. The van der Waals surface area contributed by atoms with Gasteiger partial charge in [-0.2, -0.15) is 0 Å². The van der Waals surface area contributed by atoms with E-state index in [-0.39, 0.29) is 11.8 Å². The third kappa shape index (κ3) is 4.34. The minimum Gasteiger partial charge on any atom is -0.352 e. The Morgan fingerprint density at radius 1 is 1.00 bits per heavy atom. The molecule has 2 aromatic carbocycles. The number of carbonyl (C=O) groups is 2. The number of benzene rings is 2. The average Bonchev–Trinajstić information content (AvgIpc) is 3.08. The second-order valence-electron chi connectivity index (χ2n) is 7.79. The quantitative estimate of drug-likeness (QED) is 0.724. The number of hydrogen-bond donors (Lipinski definition) is 1. The van der Waals surface area contributed by atoms with Crippen LogP contribution < -0.4 is 5.32 Å². The van der Waals surface area contributed by atoms with Gasteiger partial charge >= 0.3 is 0 Å². The molecule has 0 atom stereocenters. The van der Waals surface area contributed by atoms with Gasteiger partial charge in [-0.05, 0) is 48.6 Å². The average molecular weight is 389 g/mol. The lowest BCUT2D eigenvalue weighted by atomic mass is 10.1. The summed E-state index contributed by atoms with van der Waals surface area (Å²) >= 11 is 0. The molecule has 1 aliphatic rings. The fourth-order valence-electron chi connectivity index (χ4n) is 4.10. The van der Waals surface area contributed by atoms with Crippen LogP contribution in [0.3, 0.4) is 0 Å². The molecule has 1 fully saturated rings. The van der Waals surface area contributed by atoms with Crippen LogP contribution in [0, 0.1) is 0 Å². The Morgan fingerprint density at radius 3 is 2.62 bits per heavy atom. The molecule has 3 aromatic rings. The molecule has 29 heavy (non-hydrogen) atoms. The maximum absolute atomic E-state index is 12.7. The minimum absolute atomic E-state index is 0.0193. The molecule has 2 heterocycles. The molecule has 150 valence electrons. The molecular weight excluding hydrogens is 362 g/mol. The highest BCUT2D eigenvalue weighted by molar-refractivity contribution is 5.94.